The molecular formula is C25H39IN4O3. The summed E-state index contributed by atoms with van der Waals surface area (Å²) in [5.41, 5.74) is 1.38. The SMILES string of the molecule is CCNC(=NCC1(c2ccc3c(c2)OCO3)CCCCC1)N1CCC(CC(=O)NC)CC1.I. The van der Waals surface area contributed by atoms with Crippen LogP contribution in [0.5, 0.6) is 11.5 Å². The fourth-order valence-electron chi connectivity index (χ4n) is 5.36. The van der Waals surface area contributed by atoms with Crippen molar-refractivity contribution in [3.63, 3.8) is 0 Å². The van der Waals surface area contributed by atoms with Crippen molar-refractivity contribution in [1.82, 2.24) is 15.5 Å². The van der Waals surface area contributed by atoms with Crippen molar-refractivity contribution in [2.45, 2.75) is 63.7 Å². The number of likely N-dealkylation sites (tertiary alicyclic amines) is 1. The van der Waals surface area contributed by atoms with E-state index in [1.807, 2.05) is 0 Å². The van der Waals surface area contributed by atoms with Gasteiger partial charge in [0, 0.05) is 38.5 Å². The monoisotopic (exact) mass is 570 g/mol. The van der Waals surface area contributed by atoms with Crippen LogP contribution in [0.2, 0.25) is 0 Å². The number of rotatable bonds is 6. The Bertz CT molecular complexity index is 818. The highest BCUT2D eigenvalue weighted by Crippen LogP contribution is 2.43. The molecule has 0 radical (unpaired) electrons. The lowest BCUT2D eigenvalue weighted by atomic mass is 9.69. The fraction of sp³-hybridized carbons (Fsp3) is 0.680. The molecule has 2 aliphatic heterocycles. The number of amides is 1. The van der Waals surface area contributed by atoms with Crippen LogP contribution < -0.4 is 20.1 Å². The standard InChI is InChI=1S/C25H38N4O3.HI/c1-3-27-24(29-13-9-19(10-14-29)15-23(30)26-2)28-17-25(11-5-4-6-12-25)20-7-8-21-22(16-20)32-18-31-21;/h7-8,16,19H,3-6,9-15,17-18H2,1-2H3,(H,26,30)(H,27,28);1H. The lowest BCUT2D eigenvalue weighted by Crippen LogP contribution is -2.47. The van der Waals surface area contributed by atoms with Crippen LogP contribution >= 0.6 is 24.0 Å². The largest absolute Gasteiger partial charge is 0.454 e. The van der Waals surface area contributed by atoms with Crippen LogP contribution in [0.1, 0.15) is 63.9 Å². The third-order valence-electron chi connectivity index (χ3n) is 7.33. The van der Waals surface area contributed by atoms with Gasteiger partial charge in [-0.25, -0.2) is 0 Å². The second-order valence-electron chi connectivity index (χ2n) is 9.39. The number of nitrogens with one attached hydrogen (secondary N) is 2. The van der Waals surface area contributed by atoms with Gasteiger partial charge in [0.05, 0.1) is 6.54 Å². The van der Waals surface area contributed by atoms with Crippen LogP contribution in [0.15, 0.2) is 23.2 Å². The molecule has 2 fully saturated rings. The van der Waals surface area contributed by atoms with Gasteiger partial charge in [0.25, 0.3) is 0 Å². The number of ether oxygens (including phenoxy) is 2. The molecule has 2 N–H and O–H groups in total. The van der Waals surface area contributed by atoms with E-state index in [1.54, 1.807) is 7.05 Å². The molecule has 8 heteroatoms. The van der Waals surface area contributed by atoms with E-state index in [-0.39, 0.29) is 35.3 Å². The number of halogens is 1. The molecule has 0 bridgehead atoms. The van der Waals surface area contributed by atoms with Gasteiger partial charge in [0.15, 0.2) is 17.5 Å². The number of nitrogens with zero attached hydrogens (tertiary/aromatic N) is 2. The predicted octanol–water partition coefficient (Wildman–Crippen LogP) is 4.05. The highest BCUT2D eigenvalue weighted by molar-refractivity contribution is 14.0. The number of carbonyl (C=O) groups excluding carboxylic acids is 1. The quantitative estimate of drug-likeness (QED) is 0.307. The molecule has 7 nitrogen and oxygen atoms in total. The zero-order chi connectivity index (χ0) is 22.4. The Morgan fingerprint density at radius 1 is 1.15 bits per heavy atom. The third kappa shape index (κ3) is 6.25. The van der Waals surface area contributed by atoms with Crippen molar-refractivity contribution in [3.05, 3.63) is 23.8 Å². The molecule has 0 aromatic heterocycles. The van der Waals surface area contributed by atoms with E-state index in [0.29, 0.717) is 19.1 Å². The molecule has 1 aromatic rings. The molecule has 0 spiro atoms. The summed E-state index contributed by atoms with van der Waals surface area (Å²) in [6.45, 7) is 5.97. The summed E-state index contributed by atoms with van der Waals surface area (Å²) in [5.74, 6) is 3.33. The Hall–Kier alpha value is -1.71. The van der Waals surface area contributed by atoms with E-state index in [2.05, 4.69) is 40.7 Å². The van der Waals surface area contributed by atoms with Gasteiger partial charge in [-0.2, -0.15) is 0 Å². The molecule has 184 valence electrons. The van der Waals surface area contributed by atoms with E-state index in [1.165, 1.54) is 24.8 Å². The molecular weight excluding hydrogens is 531 g/mol. The van der Waals surface area contributed by atoms with Crippen molar-refractivity contribution < 1.29 is 14.3 Å². The van der Waals surface area contributed by atoms with Gasteiger partial charge in [0.1, 0.15) is 0 Å². The summed E-state index contributed by atoms with van der Waals surface area (Å²) in [6.07, 6.45) is 8.79. The predicted molar refractivity (Wildman–Crippen MR) is 142 cm³/mol. The van der Waals surface area contributed by atoms with Gasteiger partial charge in [-0.15, -0.1) is 24.0 Å². The van der Waals surface area contributed by atoms with E-state index >= 15 is 0 Å². The Kier molecular flexibility index (Phi) is 9.52. The first-order chi connectivity index (χ1) is 15.6. The second kappa shape index (κ2) is 12.1. The molecule has 33 heavy (non-hydrogen) atoms. The van der Waals surface area contributed by atoms with Crippen LogP contribution in [0.3, 0.4) is 0 Å². The molecule has 1 aliphatic carbocycles. The fourth-order valence-corrected chi connectivity index (χ4v) is 5.36. The molecule has 1 saturated heterocycles. The Balaban J connectivity index is 0.00000306. The summed E-state index contributed by atoms with van der Waals surface area (Å²) in [4.78, 5) is 19.3. The maximum absolute atomic E-state index is 11.7. The van der Waals surface area contributed by atoms with E-state index in [0.717, 1.165) is 69.3 Å². The summed E-state index contributed by atoms with van der Waals surface area (Å²) in [6, 6.07) is 6.45. The lowest BCUT2D eigenvalue weighted by Gasteiger charge is -2.38. The number of hydrogen-bond acceptors (Lipinski definition) is 4. The van der Waals surface area contributed by atoms with E-state index < -0.39 is 0 Å². The van der Waals surface area contributed by atoms with Crippen molar-refractivity contribution in [3.8, 4) is 11.5 Å². The number of carbonyl (C=O) groups is 1. The smallest absolute Gasteiger partial charge is 0.231 e. The first-order valence-electron chi connectivity index (χ1n) is 12.3. The van der Waals surface area contributed by atoms with Crippen molar-refractivity contribution >= 4 is 35.8 Å². The molecule has 4 rings (SSSR count). The lowest BCUT2D eigenvalue weighted by molar-refractivity contribution is -0.121. The Labute approximate surface area is 215 Å². The molecule has 1 aromatic carbocycles. The topological polar surface area (TPSA) is 75.2 Å². The highest BCUT2D eigenvalue weighted by Gasteiger charge is 2.35. The van der Waals surface area contributed by atoms with Gasteiger partial charge in [-0.3, -0.25) is 9.79 Å². The van der Waals surface area contributed by atoms with Crippen LogP contribution in [-0.4, -0.2) is 56.8 Å². The van der Waals surface area contributed by atoms with Crippen LogP contribution in [-0.2, 0) is 10.2 Å². The Morgan fingerprint density at radius 2 is 1.88 bits per heavy atom. The van der Waals surface area contributed by atoms with Crippen LogP contribution in [0.4, 0.5) is 0 Å². The van der Waals surface area contributed by atoms with Crippen LogP contribution in [0.25, 0.3) is 0 Å². The average Bonchev–Trinajstić information content (AvgIpc) is 3.31. The second-order valence-corrected chi connectivity index (χ2v) is 9.39. The zero-order valence-corrected chi connectivity index (χ0v) is 22.4. The van der Waals surface area contributed by atoms with Gasteiger partial charge in [0.2, 0.25) is 12.7 Å². The summed E-state index contributed by atoms with van der Waals surface area (Å²) < 4.78 is 11.2. The molecule has 1 saturated carbocycles. The minimum atomic E-state index is 0. The summed E-state index contributed by atoms with van der Waals surface area (Å²) in [7, 11) is 1.72. The first kappa shape index (κ1) is 25.9. The number of piperidine rings is 1. The minimum Gasteiger partial charge on any atom is -0.454 e. The van der Waals surface area contributed by atoms with Gasteiger partial charge in [-0.05, 0) is 56.2 Å². The van der Waals surface area contributed by atoms with Gasteiger partial charge >= 0.3 is 0 Å². The third-order valence-corrected chi connectivity index (χ3v) is 7.33. The van der Waals surface area contributed by atoms with Gasteiger partial charge in [-0.1, -0.05) is 25.3 Å². The van der Waals surface area contributed by atoms with Gasteiger partial charge < -0.3 is 25.0 Å². The maximum atomic E-state index is 11.7. The zero-order valence-electron chi connectivity index (χ0n) is 20.0. The Morgan fingerprint density at radius 3 is 2.58 bits per heavy atom. The normalized spacial score (nSPS) is 20.2. The summed E-state index contributed by atoms with van der Waals surface area (Å²) >= 11 is 0. The van der Waals surface area contributed by atoms with Crippen molar-refractivity contribution in [1.29, 1.82) is 0 Å². The van der Waals surface area contributed by atoms with Crippen molar-refractivity contribution in [2.75, 3.05) is 40.0 Å². The molecule has 0 atom stereocenters. The summed E-state index contributed by atoms with van der Waals surface area (Å²) in [5, 5.41) is 6.27. The number of aliphatic imine (C=N–C) groups is 1. The molecule has 3 aliphatic rings. The molecule has 1 amide bonds. The number of guanidine groups is 1. The average molecular weight is 571 g/mol. The van der Waals surface area contributed by atoms with Crippen molar-refractivity contribution in [2.24, 2.45) is 10.9 Å². The minimum absolute atomic E-state index is 0. The maximum Gasteiger partial charge on any atom is 0.231 e. The number of benzene rings is 1. The molecule has 0 unspecified atom stereocenters. The molecule has 2 heterocycles. The first-order valence-corrected chi connectivity index (χ1v) is 12.3. The highest BCUT2D eigenvalue weighted by atomic mass is 127. The number of fused-ring (bicyclic) bond motifs is 1. The van der Waals surface area contributed by atoms with E-state index in [4.69, 9.17) is 14.5 Å². The number of hydrogen-bond donors (Lipinski definition) is 2. The van der Waals surface area contributed by atoms with Crippen LogP contribution in [0, 0.1) is 5.92 Å². The van der Waals surface area contributed by atoms with E-state index in [9.17, 15) is 4.79 Å².